The van der Waals surface area contributed by atoms with Gasteiger partial charge in [0, 0.05) is 12.1 Å². The molecule has 20 heavy (non-hydrogen) atoms. The number of nitrogens with zero attached hydrogens (tertiary/aromatic N) is 1. The number of carboxylic acids is 1. The predicted octanol–water partition coefficient (Wildman–Crippen LogP) is 1.98. The molecule has 0 aromatic heterocycles. The van der Waals surface area contributed by atoms with Crippen LogP contribution in [0.25, 0.3) is 0 Å². The number of rotatable bonds is 5. The lowest BCUT2D eigenvalue weighted by Gasteiger charge is -2.22. The summed E-state index contributed by atoms with van der Waals surface area (Å²) in [6.07, 6.45) is 3.15. The minimum atomic E-state index is -1.39. The van der Waals surface area contributed by atoms with Crippen LogP contribution in [0.5, 0.6) is 5.75 Å². The molecule has 0 atom stereocenters. The highest BCUT2D eigenvalue weighted by Gasteiger charge is 2.32. The second-order valence-electron chi connectivity index (χ2n) is 4.96. The Labute approximate surface area is 114 Å². The van der Waals surface area contributed by atoms with Crippen LogP contribution < -0.4 is 4.74 Å². The topological polar surface area (TPSA) is 110 Å². The molecule has 1 aromatic rings. The summed E-state index contributed by atoms with van der Waals surface area (Å²) in [5, 5.41) is 29.8. The maximum Gasteiger partial charge on any atom is 0.342 e. The van der Waals surface area contributed by atoms with Crippen molar-refractivity contribution < 1.29 is 24.7 Å². The fourth-order valence-electron chi connectivity index (χ4n) is 2.33. The summed E-state index contributed by atoms with van der Waals surface area (Å²) in [6.45, 7) is 0.0594. The van der Waals surface area contributed by atoms with Crippen molar-refractivity contribution in [2.24, 2.45) is 0 Å². The summed E-state index contributed by atoms with van der Waals surface area (Å²) in [5.74, 6) is -1.19. The van der Waals surface area contributed by atoms with E-state index in [1.807, 2.05) is 0 Å². The normalized spacial score (nSPS) is 16.9. The lowest BCUT2D eigenvalue weighted by Crippen LogP contribution is -2.32. The van der Waals surface area contributed by atoms with E-state index in [0.717, 1.165) is 25.0 Å². The minimum absolute atomic E-state index is 0.0594. The first kappa shape index (κ1) is 14.3. The predicted molar refractivity (Wildman–Crippen MR) is 69.0 cm³/mol. The van der Waals surface area contributed by atoms with Crippen molar-refractivity contribution in [1.29, 1.82) is 0 Å². The highest BCUT2D eigenvalue weighted by Crippen LogP contribution is 2.31. The van der Waals surface area contributed by atoms with Gasteiger partial charge in [-0.2, -0.15) is 0 Å². The number of aliphatic hydroxyl groups is 1. The van der Waals surface area contributed by atoms with Gasteiger partial charge in [0.05, 0.1) is 10.5 Å². The van der Waals surface area contributed by atoms with Crippen LogP contribution in [0.3, 0.4) is 0 Å². The Kier molecular flexibility index (Phi) is 3.89. The minimum Gasteiger partial charge on any atom is -0.491 e. The van der Waals surface area contributed by atoms with Crippen LogP contribution in [0, 0.1) is 10.1 Å². The number of hydrogen-bond acceptors (Lipinski definition) is 5. The van der Waals surface area contributed by atoms with E-state index in [2.05, 4.69) is 0 Å². The fourth-order valence-corrected chi connectivity index (χ4v) is 2.33. The SMILES string of the molecule is O=C(O)c1cc(OCC2(O)CCCC2)ccc1[N+](=O)[O-]. The third-order valence-corrected chi connectivity index (χ3v) is 3.44. The van der Waals surface area contributed by atoms with Crippen molar-refractivity contribution in [3.8, 4) is 5.75 Å². The quantitative estimate of drug-likeness (QED) is 0.630. The van der Waals surface area contributed by atoms with Gasteiger partial charge < -0.3 is 14.9 Å². The summed E-state index contributed by atoms with van der Waals surface area (Å²) in [6, 6.07) is 3.54. The molecule has 0 spiro atoms. The van der Waals surface area contributed by atoms with Crippen LogP contribution in [-0.4, -0.2) is 33.3 Å². The van der Waals surface area contributed by atoms with Gasteiger partial charge in [-0.3, -0.25) is 10.1 Å². The monoisotopic (exact) mass is 281 g/mol. The fraction of sp³-hybridized carbons (Fsp3) is 0.462. The Morgan fingerprint density at radius 3 is 2.60 bits per heavy atom. The molecular weight excluding hydrogens is 266 g/mol. The van der Waals surface area contributed by atoms with Crippen LogP contribution in [0.4, 0.5) is 5.69 Å². The number of aromatic carboxylic acids is 1. The number of benzene rings is 1. The molecule has 0 radical (unpaired) electrons. The summed E-state index contributed by atoms with van der Waals surface area (Å²) >= 11 is 0. The van der Waals surface area contributed by atoms with E-state index in [-0.39, 0.29) is 12.4 Å². The third-order valence-electron chi connectivity index (χ3n) is 3.44. The first-order valence-corrected chi connectivity index (χ1v) is 6.28. The first-order valence-electron chi connectivity index (χ1n) is 6.28. The molecule has 0 heterocycles. The molecule has 0 aliphatic heterocycles. The molecule has 0 unspecified atom stereocenters. The summed E-state index contributed by atoms with van der Waals surface area (Å²) in [4.78, 5) is 21.0. The Hall–Kier alpha value is -2.15. The molecule has 1 saturated carbocycles. The standard InChI is InChI=1S/C13H15NO6/c15-12(16)10-7-9(3-4-11(10)14(18)19)20-8-13(17)5-1-2-6-13/h3-4,7,17H,1-2,5-6,8H2,(H,15,16). The number of hydrogen-bond donors (Lipinski definition) is 2. The molecule has 0 bridgehead atoms. The number of ether oxygens (including phenoxy) is 1. The smallest absolute Gasteiger partial charge is 0.342 e. The van der Waals surface area contributed by atoms with E-state index in [1.165, 1.54) is 6.07 Å². The average molecular weight is 281 g/mol. The molecule has 1 aromatic carbocycles. The van der Waals surface area contributed by atoms with Gasteiger partial charge in [0.2, 0.25) is 0 Å². The molecule has 7 heteroatoms. The molecule has 0 amide bonds. The zero-order valence-electron chi connectivity index (χ0n) is 10.7. The van der Waals surface area contributed by atoms with Crippen LogP contribution in [0.1, 0.15) is 36.0 Å². The van der Waals surface area contributed by atoms with Gasteiger partial charge >= 0.3 is 5.97 Å². The average Bonchev–Trinajstić information content (AvgIpc) is 2.83. The lowest BCUT2D eigenvalue weighted by molar-refractivity contribution is -0.385. The Bertz CT molecular complexity index is 536. The summed E-state index contributed by atoms with van der Waals surface area (Å²) in [5.41, 5.74) is -1.79. The summed E-state index contributed by atoms with van der Waals surface area (Å²) < 4.78 is 5.38. The zero-order valence-corrected chi connectivity index (χ0v) is 10.7. The van der Waals surface area contributed by atoms with Gasteiger partial charge in [0.15, 0.2) is 0 Å². The van der Waals surface area contributed by atoms with Gasteiger partial charge in [-0.1, -0.05) is 12.8 Å². The molecule has 1 fully saturated rings. The van der Waals surface area contributed by atoms with Crippen LogP contribution >= 0.6 is 0 Å². The van der Waals surface area contributed by atoms with Crippen molar-refractivity contribution in [2.45, 2.75) is 31.3 Å². The van der Waals surface area contributed by atoms with Gasteiger partial charge in [-0.25, -0.2) is 4.79 Å². The second-order valence-corrected chi connectivity index (χ2v) is 4.96. The zero-order chi connectivity index (χ0) is 14.8. The Morgan fingerprint density at radius 2 is 2.05 bits per heavy atom. The molecular formula is C13H15NO6. The van der Waals surface area contributed by atoms with Crippen molar-refractivity contribution in [3.05, 3.63) is 33.9 Å². The number of carboxylic acid groups (broad SMARTS) is 1. The van der Waals surface area contributed by atoms with Crippen LogP contribution in [0.15, 0.2) is 18.2 Å². The molecule has 108 valence electrons. The molecule has 2 rings (SSSR count). The maximum absolute atomic E-state index is 11.0. The Balaban J connectivity index is 2.15. The van der Waals surface area contributed by atoms with Gasteiger partial charge in [0.25, 0.3) is 5.69 Å². The van der Waals surface area contributed by atoms with Crippen molar-refractivity contribution >= 4 is 11.7 Å². The highest BCUT2D eigenvalue weighted by molar-refractivity contribution is 5.92. The highest BCUT2D eigenvalue weighted by atomic mass is 16.6. The van der Waals surface area contributed by atoms with Gasteiger partial charge in [0.1, 0.15) is 17.9 Å². The largest absolute Gasteiger partial charge is 0.491 e. The van der Waals surface area contributed by atoms with Crippen LogP contribution in [-0.2, 0) is 0 Å². The molecule has 7 nitrogen and oxygen atoms in total. The summed E-state index contributed by atoms with van der Waals surface area (Å²) in [7, 11) is 0. The van der Waals surface area contributed by atoms with Gasteiger partial charge in [-0.15, -0.1) is 0 Å². The van der Waals surface area contributed by atoms with E-state index in [9.17, 15) is 20.0 Å². The maximum atomic E-state index is 11.0. The van der Waals surface area contributed by atoms with E-state index in [4.69, 9.17) is 9.84 Å². The number of nitro benzene ring substituents is 1. The Morgan fingerprint density at radius 1 is 1.40 bits per heavy atom. The first-order chi connectivity index (χ1) is 9.41. The molecule has 0 saturated heterocycles. The third kappa shape index (κ3) is 3.05. The lowest BCUT2D eigenvalue weighted by atomic mass is 10.0. The molecule has 1 aliphatic rings. The molecule has 2 N–H and O–H groups in total. The number of carbonyl (C=O) groups is 1. The van der Waals surface area contributed by atoms with Crippen molar-refractivity contribution in [3.63, 3.8) is 0 Å². The van der Waals surface area contributed by atoms with Gasteiger partial charge in [-0.05, 0) is 18.9 Å². The van der Waals surface area contributed by atoms with Crippen molar-refractivity contribution in [2.75, 3.05) is 6.61 Å². The van der Waals surface area contributed by atoms with E-state index in [1.54, 1.807) is 0 Å². The molecule has 1 aliphatic carbocycles. The second kappa shape index (κ2) is 5.46. The van der Waals surface area contributed by atoms with E-state index < -0.39 is 27.7 Å². The van der Waals surface area contributed by atoms with Crippen LogP contribution in [0.2, 0.25) is 0 Å². The van der Waals surface area contributed by atoms with E-state index in [0.29, 0.717) is 12.8 Å². The van der Waals surface area contributed by atoms with E-state index >= 15 is 0 Å². The number of nitro groups is 1. The van der Waals surface area contributed by atoms with Crippen molar-refractivity contribution in [1.82, 2.24) is 0 Å².